The van der Waals surface area contributed by atoms with Gasteiger partial charge in [-0.05, 0) is 37.3 Å². The molecule has 1 aliphatic heterocycles. The lowest BCUT2D eigenvalue weighted by Crippen LogP contribution is -2.53. The van der Waals surface area contributed by atoms with Crippen LogP contribution in [0.5, 0.6) is 0 Å². The Hall–Kier alpha value is -2.48. The van der Waals surface area contributed by atoms with Crippen molar-refractivity contribution in [2.24, 2.45) is 11.8 Å². The lowest BCUT2D eigenvalue weighted by molar-refractivity contribution is -0.127. The minimum absolute atomic E-state index is 0.0345. The molecule has 1 aromatic carbocycles. The van der Waals surface area contributed by atoms with Gasteiger partial charge >= 0.3 is 0 Å². The van der Waals surface area contributed by atoms with E-state index in [1.807, 2.05) is 13.8 Å². The Bertz CT molecular complexity index is 1020. The first kappa shape index (κ1) is 26.1. The van der Waals surface area contributed by atoms with Crippen LogP contribution in [0.2, 0.25) is 0 Å². The van der Waals surface area contributed by atoms with Gasteiger partial charge in [-0.25, -0.2) is 8.42 Å². The highest BCUT2D eigenvalue weighted by molar-refractivity contribution is 7.91. The fourth-order valence-electron chi connectivity index (χ4n) is 4.69. The first-order valence-electron chi connectivity index (χ1n) is 11.9. The molecule has 0 radical (unpaired) electrons. The maximum atomic E-state index is 13.0. The van der Waals surface area contributed by atoms with Crippen LogP contribution >= 0.6 is 0 Å². The smallest absolute Gasteiger partial charge is 0.251 e. The third-order valence-corrected chi connectivity index (χ3v) is 8.33. The number of nitrogens with one attached hydrogen (secondary N) is 2. The number of sulfone groups is 1. The lowest BCUT2D eigenvalue weighted by atomic mass is 9.83. The molecule has 1 saturated carbocycles. The van der Waals surface area contributed by atoms with Crippen molar-refractivity contribution in [1.29, 1.82) is 5.26 Å². The molecule has 0 unspecified atom stereocenters. The molecule has 2 aliphatic rings. The number of carbonyl (C=O) groups excluding carboxylic acids is 2. The highest BCUT2D eigenvalue weighted by Crippen LogP contribution is 2.27. The van der Waals surface area contributed by atoms with Crippen molar-refractivity contribution in [2.45, 2.75) is 58.0 Å². The van der Waals surface area contributed by atoms with Crippen LogP contribution in [0.25, 0.3) is 0 Å². The maximum Gasteiger partial charge on any atom is 0.251 e. The summed E-state index contributed by atoms with van der Waals surface area (Å²) < 4.78 is 22.6. The van der Waals surface area contributed by atoms with Crippen molar-refractivity contribution in [1.82, 2.24) is 15.3 Å². The molecule has 1 aliphatic carbocycles. The summed E-state index contributed by atoms with van der Waals surface area (Å²) >= 11 is 0. The van der Waals surface area contributed by atoms with Gasteiger partial charge in [0.15, 0.2) is 9.84 Å². The first-order chi connectivity index (χ1) is 16.0. The monoisotopic (exact) mass is 490 g/mol. The molecule has 2 amide bonds. The fourth-order valence-corrected chi connectivity index (χ4v) is 6.04. The van der Waals surface area contributed by atoms with E-state index in [-0.39, 0.29) is 48.4 Å². The van der Waals surface area contributed by atoms with Gasteiger partial charge in [0.1, 0.15) is 23.2 Å². The van der Waals surface area contributed by atoms with Crippen LogP contribution in [0.3, 0.4) is 0 Å². The number of hydrogen-bond donors (Lipinski definition) is 2. The number of hydroxylamine groups is 2. The number of nitriles is 1. The Labute approximate surface area is 201 Å². The van der Waals surface area contributed by atoms with Gasteiger partial charge < -0.3 is 20.5 Å². The van der Waals surface area contributed by atoms with Crippen molar-refractivity contribution in [3.05, 3.63) is 35.0 Å². The Balaban J connectivity index is 1.64. The Morgan fingerprint density at radius 1 is 1.15 bits per heavy atom. The van der Waals surface area contributed by atoms with Crippen LogP contribution < -0.4 is 15.3 Å². The molecule has 10 heteroatoms. The van der Waals surface area contributed by atoms with Gasteiger partial charge in [-0.2, -0.15) is 5.26 Å². The number of hydrogen-bond acceptors (Lipinski definition) is 6. The zero-order valence-corrected chi connectivity index (χ0v) is 20.6. The summed E-state index contributed by atoms with van der Waals surface area (Å²) in [6, 6.07) is 7.56. The molecule has 2 N–H and O–H groups in total. The van der Waals surface area contributed by atoms with Crippen molar-refractivity contribution < 1.29 is 18.0 Å². The maximum absolute atomic E-state index is 13.0. The first-order valence-corrected chi connectivity index (χ1v) is 13.7. The fraction of sp³-hybridized carbons (Fsp3) is 0.625. The van der Waals surface area contributed by atoms with Gasteiger partial charge in [-0.15, -0.1) is 0 Å². The zero-order valence-electron chi connectivity index (χ0n) is 19.8. The number of amides is 2. The summed E-state index contributed by atoms with van der Waals surface area (Å²) in [6.07, 6.45) is 3.69. The Morgan fingerprint density at radius 3 is 2.35 bits per heavy atom. The molecule has 186 valence electrons. The van der Waals surface area contributed by atoms with Crippen LogP contribution in [0.1, 0.15) is 56.3 Å². The molecule has 1 saturated heterocycles. The predicted octanol–water partition coefficient (Wildman–Crippen LogP) is 2.26. The van der Waals surface area contributed by atoms with E-state index < -0.39 is 26.4 Å². The van der Waals surface area contributed by atoms with Crippen LogP contribution in [-0.2, 0) is 14.6 Å². The number of quaternary nitrogens is 1. The van der Waals surface area contributed by atoms with Crippen molar-refractivity contribution >= 4 is 27.3 Å². The van der Waals surface area contributed by atoms with E-state index in [0.29, 0.717) is 30.5 Å². The average molecular weight is 491 g/mol. The van der Waals surface area contributed by atoms with Gasteiger partial charge in [0, 0.05) is 23.7 Å². The molecule has 2 fully saturated rings. The van der Waals surface area contributed by atoms with Crippen LogP contribution in [0, 0.1) is 28.4 Å². The highest BCUT2D eigenvalue weighted by atomic mass is 32.2. The van der Waals surface area contributed by atoms with Gasteiger partial charge in [-0.1, -0.05) is 26.7 Å². The van der Waals surface area contributed by atoms with Crippen molar-refractivity contribution in [3.8, 4) is 6.07 Å². The molecule has 3 rings (SSSR count). The van der Waals surface area contributed by atoms with Crippen LogP contribution in [-0.4, -0.2) is 56.9 Å². The SMILES string of the molecule is CC(C)C[C@@H](C#N)NC(=O)[C@@H]1CCCC[C@@H]1NC(=O)c1ccc([N+]2([O-])CCS(=O)(=O)CC2)cc1. The largest absolute Gasteiger partial charge is 0.627 e. The van der Waals surface area contributed by atoms with Gasteiger partial charge in [0.05, 0.1) is 25.1 Å². The topological polar surface area (TPSA) is 139 Å². The van der Waals surface area contributed by atoms with E-state index in [1.165, 1.54) is 0 Å². The quantitative estimate of drug-likeness (QED) is 0.444. The molecular weight excluding hydrogens is 456 g/mol. The van der Waals surface area contributed by atoms with E-state index in [9.17, 15) is 28.5 Å². The van der Waals surface area contributed by atoms with E-state index >= 15 is 0 Å². The molecule has 0 spiro atoms. The van der Waals surface area contributed by atoms with Gasteiger partial charge in [0.25, 0.3) is 5.91 Å². The lowest BCUT2D eigenvalue weighted by Gasteiger charge is -2.44. The molecule has 0 aromatic heterocycles. The number of benzene rings is 1. The van der Waals surface area contributed by atoms with E-state index in [2.05, 4.69) is 16.7 Å². The van der Waals surface area contributed by atoms with Gasteiger partial charge in [-0.3, -0.25) is 9.59 Å². The van der Waals surface area contributed by atoms with Crippen LogP contribution in [0.15, 0.2) is 24.3 Å². The molecule has 3 atom stereocenters. The molecule has 34 heavy (non-hydrogen) atoms. The average Bonchev–Trinajstić information content (AvgIpc) is 2.81. The minimum Gasteiger partial charge on any atom is -0.627 e. The minimum atomic E-state index is -3.16. The number of rotatable bonds is 7. The summed E-state index contributed by atoms with van der Waals surface area (Å²) in [5, 5.41) is 28.2. The zero-order chi connectivity index (χ0) is 24.9. The normalized spacial score (nSPS) is 24.6. The van der Waals surface area contributed by atoms with E-state index in [0.717, 1.165) is 12.8 Å². The molecular formula is C24H34N4O5S. The van der Waals surface area contributed by atoms with Crippen molar-refractivity contribution in [2.75, 3.05) is 24.6 Å². The summed E-state index contributed by atoms with van der Waals surface area (Å²) in [5.41, 5.74) is 0.800. The molecule has 1 aromatic rings. The highest BCUT2D eigenvalue weighted by Gasteiger charge is 2.34. The molecule has 1 heterocycles. The summed E-state index contributed by atoms with van der Waals surface area (Å²) in [6.45, 7) is 3.92. The second-order valence-corrected chi connectivity index (χ2v) is 12.1. The second-order valence-electron chi connectivity index (χ2n) is 9.83. The Morgan fingerprint density at radius 2 is 1.76 bits per heavy atom. The number of carbonyl (C=O) groups is 2. The molecule has 9 nitrogen and oxygen atoms in total. The van der Waals surface area contributed by atoms with Crippen LogP contribution in [0.4, 0.5) is 5.69 Å². The standard InChI is InChI=1S/C24H34N4O5S/c1-17(2)15-19(16-25)26-24(30)21-5-3-4-6-22(21)27-23(29)18-7-9-20(10-8-18)28(31)11-13-34(32,33)14-12-28/h7-10,17,19,21-22H,3-6,11-15H2,1-2H3,(H,26,30)(H,27,29)/t19-,21+,22-/m0/s1. The number of nitrogens with zero attached hydrogens (tertiary/aromatic N) is 2. The van der Waals surface area contributed by atoms with Crippen molar-refractivity contribution in [3.63, 3.8) is 0 Å². The predicted molar refractivity (Wildman–Crippen MR) is 130 cm³/mol. The third-order valence-electron chi connectivity index (χ3n) is 6.73. The van der Waals surface area contributed by atoms with Gasteiger partial charge in [0.2, 0.25) is 5.91 Å². The second kappa shape index (κ2) is 10.8. The van der Waals surface area contributed by atoms with E-state index in [1.54, 1.807) is 24.3 Å². The summed E-state index contributed by atoms with van der Waals surface area (Å²) in [5.74, 6) is -0.939. The summed E-state index contributed by atoms with van der Waals surface area (Å²) in [7, 11) is -3.16. The third kappa shape index (κ3) is 6.56. The Kier molecular flexibility index (Phi) is 8.34. The van der Waals surface area contributed by atoms with E-state index in [4.69, 9.17) is 0 Å². The molecule has 0 bridgehead atoms. The summed E-state index contributed by atoms with van der Waals surface area (Å²) in [4.78, 5) is 25.8.